The number of nitrogens with zero attached hydrogens (tertiary/aromatic N) is 1. The monoisotopic (exact) mass is 265 g/mol. The van der Waals surface area contributed by atoms with Crippen LogP contribution in [-0.2, 0) is 22.5 Å². The van der Waals surface area contributed by atoms with Crippen molar-refractivity contribution in [3.8, 4) is 0 Å². The lowest BCUT2D eigenvalue weighted by molar-refractivity contribution is -0.136. The van der Waals surface area contributed by atoms with Crippen LogP contribution in [-0.4, -0.2) is 53.5 Å². The molecule has 5 nitrogen and oxygen atoms in total. The summed E-state index contributed by atoms with van der Waals surface area (Å²) in [5.41, 5.74) is 1.88. The van der Waals surface area contributed by atoms with Gasteiger partial charge in [-0.25, -0.2) is 0 Å². The van der Waals surface area contributed by atoms with E-state index in [4.69, 9.17) is 14.9 Å². The Morgan fingerprint density at radius 3 is 2.79 bits per heavy atom. The normalized spacial score (nSPS) is 20.4. The Morgan fingerprint density at radius 2 is 2.11 bits per heavy atom. The molecule has 2 N–H and O–H groups in total. The molecule has 1 heterocycles. The first-order chi connectivity index (χ1) is 9.19. The van der Waals surface area contributed by atoms with Crippen molar-refractivity contribution in [1.82, 2.24) is 4.90 Å². The predicted octanol–water partition coefficient (Wildman–Crippen LogP) is 0.507. The van der Waals surface area contributed by atoms with Crippen molar-refractivity contribution in [1.29, 1.82) is 0 Å². The summed E-state index contributed by atoms with van der Waals surface area (Å²) < 4.78 is 5.40. The van der Waals surface area contributed by atoms with Crippen LogP contribution in [0.1, 0.15) is 11.1 Å². The van der Waals surface area contributed by atoms with Gasteiger partial charge in [0.25, 0.3) is 0 Å². The Bertz CT molecular complexity index is 435. The molecular weight excluding hydrogens is 246 g/mol. The molecule has 1 atom stereocenters. The first kappa shape index (κ1) is 14.0. The van der Waals surface area contributed by atoms with Gasteiger partial charge in [-0.1, -0.05) is 24.3 Å². The van der Waals surface area contributed by atoms with Gasteiger partial charge in [0, 0.05) is 19.6 Å². The molecule has 1 aliphatic heterocycles. The summed E-state index contributed by atoms with van der Waals surface area (Å²) in [4.78, 5) is 13.0. The van der Waals surface area contributed by atoms with Crippen LogP contribution in [0.3, 0.4) is 0 Å². The molecule has 1 saturated heterocycles. The first-order valence-electron chi connectivity index (χ1n) is 6.42. The van der Waals surface area contributed by atoms with Gasteiger partial charge in [0.15, 0.2) is 0 Å². The molecule has 0 aliphatic carbocycles. The Hall–Kier alpha value is -1.43. The molecule has 0 amide bonds. The number of carboxylic acid groups (broad SMARTS) is 1. The Kier molecular flexibility index (Phi) is 4.90. The molecule has 0 spiro atoms. The second kappa shape index (κ2) is 6.65. The minimum Gasteiger partial charge on any atom is -0.481 e. The third kappa shape index (κ3) is 4.02. The zero-order chi connectivity index (χ0) is 13.7. The number of hydrogen-bond acceptors (Lipinski definition) is 4. The number of aliphatic carboxylic acids is 1. The van der Waals surface area contributed by atoms with Crippen LogP contribution in [0.4, 0.5) is 0 Å². The first-order valence-corrected chi connectivity index (χ1v) is 6.42. The maximum Gasteiger partial charge on any atom is 0.307 e. The highest BCUT2D eigenvalue weighted by molar-refractivity contribution is 5.70. The maximum absolute atomic E-state index is 10.8. The van der Waals surface area contributed by atoms with E-state index in [-0.39, 0.29) is 19.1 Å². The second-order valence-corrected chi connectivity index (χ2v) is 4.75. The fourth-order valence-electron chi connectivity index (χ4n) is 2.32. The number of benzene rings is 1. The van der Waals surface area contributed by atoms with E-state index < -0.39 is 5.97 Å². The van der Waals surface area contributed by atoms with Crippen LogP contribution < -0.4 is 0 Å². The highest BCUT2D eigenvalue weighted by atomic mass is 16.5. The summed E-state index contributed by atoms with van der Waals surface area (Å²) in [6.45, 7) is 2.80. The van der Waals surface area contributed by atoms with Crippen molar-refractivity contribution in [2.24, 2.45) is 0 Å². The van der Waals surface area contributed by atoms with Crippen molar-refractivity contribution in [2.75, 3.05) is 26.3 Å². The highest BCUT2D eigenvalue weighted by Crippen LogP contribution is 2.15. The summed E-state index contributed by atoms with van der Waals surface area (Å²) in [5.74, 6) is -0.817. The molecule has 5 heteroatoms. The minimum absolute atomic E-state index is 0.0211. The number of hydrogen-bond donors (Lipinski definition) is 2. The lowest BCUT2D eigenvalue weighted by Crippen LogP contribution is -2.43. The van der Waals surface area contributed by atoms with Crippen LogP contribution in [0, 0.1) is 0 Å². The SMILES string of the molecule is O=C(O)Cc1ccccc1CN1CCOC(CO)C1. The average molecular weight is 265 g/mol. The van der Waals surface area contributed by atoms with Crippen molar-refractivity contribution >= 4 is 5.97 Å². The summed E-state index contributed by atoms with van der Waals surface area (Å²) in [5, 5.41) is 18.0. The van der Waals surface area contributed by atoms with E-state index in [1.165, 1.54) is 0 Å². The van der Waals surface area contributed by atoms with Crippen LogP contribution >= 0.6 is 0 Å². The molecular formula is C14H19NO4. The lowest BCUT2D eigenvalue weighted by Gasteiger charge is -2.32. The quantitative estimate of drug-likeness (QED) is 0.811. The molecule has 1 aromatic carbocycles. The molecule has 0 saturated carbocycles. The number of rotatable bonds is 5. The van der Waals surface area contributed by atoms with E-state index in [1.54, 1.807) is 0 Å². The minimum atomic E-state index is -0.817. The number of carboxylic acids is 1. The Morgan fingerprint density at radius 1 is 1.37 bits per heavy atom. The van der Waals surface area contributed by atoms with Crippen LogP contribution in [0.5, 0.6) is 0 Å². The molecule has 1 unspecified atom stereocenters. The van der Waals surface area contributed by atoms with Gasteiger partial charge in [0.2, 0.25) is 0 Å². The lowest BCUT2D eigenvalue weighted by atomic mass is 10.0. The molecule has 0 bridgehead atoms. The highest BCUT2D eigenvalue weighted by Gasteiger charge is 2.20. The van der Waals surface area contributed by atoms with Gasteiger partial charge in [-0.05, 0) is 11.1 Å². The van der Waals surface area contributed by atoms with Gasteiger partial charge in [0.1, 0.15) is 0 Å². The Labute approximate surface area is 112 Å². The third-order valence-electron chi connectivity index (χ3n) is 3.28. The van der Waals surface area contributed by atoms with Gasteiger partial charge in [-0.2, -0.15) is 0 Å². The van der Waals surface area contributed by atoms with Crippen LogP contribution in [0.15, 0.2) is 24.3 Å². The van der Waals surface area contributed by atoms with E-state index in [0.29, 0.717) is 19.7 Å². The van der Waals surface area contributed by atoms with Gasteiger partial charge in [-0.3, -0.25) is 9.69 Å². The van der Waals surface area contributed by atoms with E-state index in [1.807, 2.05) is 24.3 Å². The molecule has 1 fully saturated rings. The standard InChI is InChI=1S/C14H19NO4/c16-10-13-9-15(5-6-19-13)8-12-4-2-1-3-11(12)7-14(17)18/h1-4,13,16H,5-10H2,(H,17,18). The van der Waals surface area contributed by atoms with Gasteiger partial charge < -0.3 is 14.9 Å². The molecule has 2 rings (SSSR count). The van der Waals surface area contributed by atoms with Crippen molar-refractivity contribution < 1.29 is 19.7 Å². The molecule has 1 aliphatic rings. The van der Waals surface area contributed by atoms with Crippen LogP contribution in [0.2, 0.25) is 0 Å². The van der Waals surface area contributed by atoms with Crippen molar-refractivity contribution in [2.45, 2.75) is 19.1 Å². The van der Waals surface area contributed by atoms with Crippen molar-refractivity contribution in [3.05, 3.63) is 35.4 Å². The number of carbonyl (C=O) groups is 1. The zero-order valence-electron chi connectivity index (χ0n) is 10.8. The van der Waals surface area contributed by atoms with E-state index in [9.17, 15) is 4.79 Å². The van der Waals surface area contributed by atoms with Gasteiger partial charge >= 0.3 is 5.97 Å². The third-order valence-corrected chi connectivity index (χ3v) is 3.28. The molecule has 0 radical (unpaired) electrons. The zero-order valence-corrected chi connectivity index (χ0v) is 10.8. The fourth-order valence-corrected chi connectivity index (χ4v) is 2.32. The summed E-state index contributed by atoms with van der Waals surface area (Å²) in [7, 11) is 0. The predicted molar refractivity (Wildman–Crippen MR) is 69.9 cm³/mol. The van der Waals surface area contributed by atoms with Gasteiger partial charge in [-0.15, -0.1) is 0 Å². The Balaban J connectivity index is 2.03. The summed E-state index contributed by atoms with van der Waals surface area (Å²) in [6, 6.07) is 7.59. The number of morpholine rings is 1. The van der Waals surface area contributed by atoms with Crippen LogP contribution in [0.25, 0.3) is 0 Å². The van der Waals surface area contributed by atoms with E-state index in [0.717, 1.165) is 17.7 Å². The fraction of sp³-hybridized carbons (Fsp3) is 0.500. The number of aliphatic hydroxyl groups excluding tert-OH is 1. The number of aliphatic hydroxyl groups is 1. The average Bonchev–Trinajstić information content (AvgIpc) is 2.41. The number of ether oxygens (including phenoxy) is 1. The van der Waals surface area contributed by atoms with E-state index in [2.05, 4.69) is 4.90 Å². The largest absolute Gasteiger partial charge is 0.481 e. The van der Waals surface area contributed by atoms with Crippen molar-refractivity contribution in [3.63, 3.8) is 0 Å². The summed E-state index contributed by atoms with van der Waals surface area (Å²) in [6.07, 6.45) is -0.0930. The smallest absolute Gasteiger partial charge is 0.307 e. The molecule has 1 aromatic rings. The molecule has 104 valence electrons. The molecule has 19 heavy (non-hydrogen) atoms. The molecule has 0 aromatic heterocycles. The van der Waals surface area contributed by atoms with E-state index >= 15 is 0 Å². The topological polar surface area (TPSA) is 70.0 Å². The summed E-state index contributed by atoms with van der Waals surface area (Å²) >= 11 is 0. The second-order valence-electron chi connectivity index (χ2n) is 4.75. The maximum atomic E-state index is 10.8. The van der Waals surface area contributed by atoms with Gasteiger partial charge in [0.05, 0.1) is 25.7 Å².